The minimum absolute atomic E-state index is 0.0295. The number of amides is 2. The summed E-state index contributed by atoms with van der Waals surface area (Å²) in [7, 11) is 0. The van der Waals surface area contributed by atoms with Gasteiger partial charge in [0, 0.05) is 17.7 Å². The molecule has 0 aromatic carbocycles. The largest absolute Gasteiger partial charge is 0.332 e. The lowest BCUT2D eigenvalue weighted by atomic mass is 9.72. The highest BCUT2D eigenvalue weighted by Gasteiger charge is 2.31. The molecule has 4 heteroatoms. The number of hydrogen-bond acceptors (Lipinski definition) is 2. The molecule has 1 saturated carbocycles. The van der Waals surface area contributed by atoms with Crippen molar-refractivity contribution in [3.05, 3.63) is 58.9 Å². The first-order chi connectivity index (χ1) is 11.8. The van der Waals surface area contributed by atoms with Crippen LogP contribution in [-0.4, -0.2) is 18.4 Å². The number of rotatable bonds is 4. The summed E-state index contributed by atoms with van der Waals surface area (Å²) in [5.41, 5.74) is 3.94. The number of urea groups is 1. The zero-order chi connectivity index (χ0) is 18.4. The fourth-order valence-corrected chi connectivity index (χ4v) is 3.10. The molecular weight excluding hydrogens is 312 g/mol. The molecule has 2 aliphatic rings. The molecule has 1 heterocycles. The maximum absolute atomic E-state index is 12.1. The van der Waals surface area contributed by atoms with Crippen molar-refractivity contribution >= 4 is 11.8 Å². The Bertz CT molecular complexity index is 703. The van der Waals surface area contributed by atoms with Gasteiger partial charge in [0.1, 0.15) is 0 Å². The van der Waals surface area contributed by atoms with Gasteiger partial charge in [-0.05, 0) is 43.8 Å². The van der Waals surface area contributed by atoms with E-state index >= 15 is 0 Å². The van der Waals surface area contributed by atoms with Crippen LogP contribution in [0.1, 0.15) is 47.0 Å². The monoisotopic (exact) mass is 340 g/mol. The van der Waals surface area contributed by atoms with Crippen molar-refractivity contribution in [3.8, 4) is 0 Å². The molecule has 0 atom stereocenters. The molecule has 0 unspecified atom stereocenters. The van der Waals surface area contributed by atoms with E-state index in [9.17, 15) is 9.59 Å². The van der Waals surface area contributed by atoms with Crippen LogP contribution in [0.5, 0.6) is 0 Å². The smallest absolute Gasteiger partial charge is 0.319 e. The van der Waals surface area contributed by atoms with Gasteiger partial charge in [-0.15, -0.1) is 0 Å². The minimum Gasteiger partial charge on any atom is -0.332 e. The number of nitrogens with one attached hydrogen (secondary N) is 2. The summed E-state index contributed by atoms with van der Waals surface area (Å²) < 4.78 is 0. The molecule has 4 nitrogen and oxygen atoms in total. The highest BCUT2D eigenvalue weighted by molar-refractivity contribution is 5.97. The van der Waals surface area contributed by atoms with E-state index in [1.54, 1.807) is 0 Å². The van der Waals surface area contributed by atoms with E-state index in [1.807, 2.05) is 50.3 Å². The van der Waals surface area contributed by atoms with Crippen LogP contribution in [0.25, 0.3) is 0 Å². The molecule has 0 bridgehead atoms. The van der Waals surface area contributed by atoms with Crippen molar-refractivity contribution in [1.29, 1.82) is 0 Å². The standard InChI is InChI=1S/C21H28N2O2/c1-15(10-11-18-19(24)9-6-12-21(18,3)4)7-5-8-16(2)13-17-14-22-20(25)23-17/h5,7-8,10-11,13H,6,9,12,14H2,1-4H3,(H2,22,23,25). The number of carbonyl (C=O) groups is 2. The predicted molar refractivity (Wildman–Crippen MR) is 102 cm³/mol. The van der Waals surface area contributed by atoms with E-state index in [0.29, 0.717) is 13.0 Å². The molecule has 1 aliphatic heterocycles. The highest BCUT2D eigenvalue weighted by atomic mass is 16.2. The minimum atomic E-state index is -0.151. The summed E-state index contributed by atoms with van der Waals surface area (Å²) in [6.45, 7) is 8.85. The number of ketones is 1. The zero-order valence-corrected chi connectivity index (χ0v) is 15.6. The second kappa shape index (κ2) is 8.15. The van der Waals surface area contributed by atoms with Crippen LogP contribution in [-0.2, 0) is 4.79 Å². The summed E-state index contributed by atoms with van der Waals surface area (Å²) in [5, 5.41) is 5.45. The van der Waals surface area contributed by atoms with Crippen molar-refractivity contribution in [2.75, 3.05) is 6.54 Å². The van der Waals surface area contributed by atoms with Crippen LogP contribution in [0.15, 0.2) is 58.9 Å². The van der Waals surface area contributed by atoms with Gasteiger partial charge in [-0.1, -0.05) is 49.8 Å². The van der Waals surface area contributed by atoms with E-state index in [1.165, 1.54) is 0 Å². The average molecular weight is 340 g/mol. The molecule has 2 fully saturated rings. The second-order valence-corrected chi connectivity index (χ2v) is 7.40. The third-order valence-corrected chi connectivity index (χ3v) is 4.58. The maximum Gasteiger partial charge on any atom is 0.319 e. The van der Waals surface area contributed by atoms with Crippen molar-refractivity contribution in [2.45, 2.75) is 47.0 Å². The predicted octanol–water partition coefficient (Wildman–Crippen LogP) is 4.34. The van der Waals surface area contributed by atoms with Crippen LogP contribution in [0.3, 0.4) is 0 Å². The molecule has 25 heavy (non-hydrogen) atoms. The van der Waals surface area contributed by atoms with Gasteiger partial charge < -0.3 is 10.6 Å². The summed E-state index contributed by atoms with van der Waals surface area (Å²) in [6, 6.07) is -0.151. The van der Waals surface area contributed by atoms with E-state index in [0.717, 1.165) is 35.3 Å². The third kappa shape index (κ3) is 5.59. The van der Waals surface area contributed by atoms with Gasteiger partial charge in [0.25, 0.3) is 0 Å². The van der Waals surface area contributed by atoms with Gasteiger partial charge in [-0.25, -0.2) is 4.79 Å². The number of allylic oxidation sites excluding steroid dienone is 9. The lowest BCUT2D eigenvalue weighted by Gasteiger charge is -2.31. The average Bonchev–Trinajstić information content (AvgIpc) is 2.91. The molecule has 2 amide bonds. The fourth-order valence-electron chi connectivity index (χ4n) is 3.10. The topological polar surface area (TPSA) is 58.2 Å². The Kier molecular flexibility index (Phi) is 6.18. The van der Waals surface area contributed by atoms with Gasteiger partial charge in [-0.3, -0.25) is 4.79 Å². The lowest BCUT2D eigenvalue weighted by Crippen LogP contribution is -2.26. The highest BCUT2D eigenvalue weighted by Crippen LogP contribution is 2.38. The molecule has 1 saturated heterocycles. The number of Topliss-reactive ketones (excluding diaryl/α,β-unsaturated/α-hetero) is 1. The zero-order valence-electron chi connectivity index (χ0n) is 15.6. The number of hydrogen-bond donors (Lipinski definition) is 2. The van der Waals surface area contributed by atoms with Crippen molar-refractivity contribution in [2.24, 2.45) is 5.41 Å². The number of carbonyl (C=O) groups excluding carboxylic acids is 2. The first-order valence-corrected chi connectivity index (χ1v) is 8.80. The van der Waals surface area contributed by atoms with Crippen molar-refractivity contribution in [1.82, 2.24) is 10.6 Å². The van der Waals surface area contributed by atoms with E-state index in [2.05, 4.69) is 24.5 Å². The van der Waals surface area contributed by atoms with E-state index < -0.39 is 0 Å². The Morgan fingerprint density at radius 2 is 1.88 bits per heavy atom. The molecule has 2 rings (SSSR count). The van der Waals surface area contributed by atoms with Gasteiger partial charge in [0.05, 0.1) is 6.54 Å². The Morgan fingerprint density at radius 1 is 1.12 bits per heavy atom. The Labute approximate surface area is 150 Å². The van der Waals surface area contributed by atoms with Crippen LogP contribution < -0.4 is 10.6 Å². The summed E-state index contributed by atoms with van der Waals surface area (Å²) in [6.07, 6.45) is 14.7. The van der Waals surface area contributed by atoms with Crippen LogP contribution in [0, 0.1) is 5.41 Å². The first kappa shape index (κ1) is 19.0. The van der Waals surface area contributed by atoms with Crippen LogP contribution in [0.2, 0.25) is 0 Å². The summed E-state index contributed by atoms with van der Waals surface area (Å²) >= 11 is 0. The summed E-state index contributed by atoms with van der Waals surface area (Å²) in [4.78, 5) is 23.2. The first-order valence-electron chi connectivity index (χ1n) is 8.80. The Morgan fingerprint density at radius 3 is 2.52 bits per heavy atom. The lowest BCUT2D eigenvalue weighted by molar-refractivity contribution is -0.117. The maximum atomic E-state index is 12.1. The van der Waals surface area contributed by atoms with Gasteiger partial charge in [0.2, 0.25) is 0 Å². The molecule has 0 aromatic heterocycles. The third-order valence-electron chi connectivity index (χ3n) is 4.58. The van der Waals surface area contributed by atoms with Gasteiger partial charge >= 0.3 is 6.03 Å². The molecule has 2 N–H and O–H groups in total. The quantitative estimate of drug-likeness (QED) is 0.591. The van der Waals surface area contributed by atoms with E-state index in [-0.39, 0.29) is 17.2 Å². The molecule has 0 radical (unpaired) electrons. The Balaban J connectivity index is 2.01. The van der Waals surface area contributed by atoms with Gasteiger partial charge in [0.15, 0.2) is 5.78 Å². The van der Waals surface area contributed by atoms with Crippen molar-refractivity contribution < 1.29 is 9.59 Å². The van der Waals surface area contributed by atoms with Crippen molar-refractivity contribution in [3.63, 3.8) is 0 Å². The van der Waals surface area contributed by atoms with Crippen LogP contribution in [0.4, 0.5) is 4.79 Å². The fraction of sp³-hybridized carbons (Fsp3) is 0.429. The second-order valence-electron chi connectivity index (χ2n) is 7.40. The normalized spacial score (nSPS) is 25.0. The summed E-state index contributed by atoms with van der Waals surface area (Å²) in [5.74, 6) is 0.277. The van der Waals surface area contributed by atoms with Gasteiger partial charge in [-0.2, -0.15) is 0 Å². The Hall–Kier alpha value is -2.36. The van der Waals surface area contributed by atoms with Crippen LogP contribution >= 0.6 is 0 Å². The molecule has 0 aromatic rings. The van der Waals surface area contributed by atoms with E-state index in [4.69, 9.17) is 0 Å². The molecule has 1 aliphatic carbocycles. The molecule has 0 spiro atoms. The SMILES string of the molecule is CC(C=CC=C(C)C=C1CNC(=O)N1)=CC=C1C(=O)CCCC1(C)C. The molecular formula is C21H28N2O2. The molecule has 134 valence electrons.